The van der Waals surface area contributed by atoms with Crippen LogP contribution >= 0.6 is 11.6 Å². The van der Waals surface area contributed by atoms with Gasteiger partial charge in [-0.15, -0.1) is 0 Å². The Labute approximate surface area is 140 Å². The van der Waals surface area contributed by atoms with Gasteiger partial charge in [-0.3, -0.25) is 9.59 Å². The SMILES string of the molecule is Cc1cc(C)c(N2C(=O)C=C(c3ccc(Cl)cc3)C2=O)c(C)c1. The van der Waals surface area contributed by atoms with E-state index in [0.717, 1.165) is 16.7 Å². The van der Waals surface area contributed by atoms with E-state index in [2.05, 4.69) is 0 Å². The summed E-state index contributed by atoms with van der Waals surface area (Å²) in [5.74, 6) is -0.609. The van der Waals surface area contributed by atoms with Crippen LogP contribution in [0.25, 0.3) is 5.57 Å². The first kappa shape index (κ1) is 15.5. The summed E-state index contributed by atoms with van der Waals surface area (Å²) in [6.07, 6.45) is 1.39. The van der Waals surface area contributed by atoms with Crippen molar-refractivity contribution in [3.8, 4) is 0 Å². The average molecular weight is 326 g/mol. The maximum Gasteiger partial charge on any atom is 0.266 e. The number of nitrogens with zero attached hydrogens (tertiary/aromatic N) is 1. The summed E-state index contributed by atoms with van der Waals surface area (Å²) in [5, 5.41) is 0.591. The van der Waals surface area contributed by atoms with Crippen LogP contribution in [0.2, 0.25) is 5.02 Å². The monoisotopic (exact) mass is 325 g/mol. The van der Waals surface area contributed by atoms with Crippen molar-refractivity contribution in [2.75, 3.05) is 4.90 Å². The second kappa shape index (κ2) is 5.67. The lowest BCUT2D eigenvalue weighted by atomic mass is 10.0. The molecule has 1 aliphatic rings. The molecule has 0 unspecified atom stereocenters. The number of amides is 2. The summed E-state index contributed by atoms with van der Waals surface area (Å²) in [5.41, 5.74) is 4.69. The van der Waals surface area contributed by atoms with Crippen LogP contribution in [0.5, 0.6) is 0 Å². The molecular weight excluding hydrogens is 310 g/mol. The normalized spacial score (nSPS) is 14.4. The molecule has 3 rings (SSSR count). The summed E-state index contributed by atoms with van der Waals surface area (Å²) in [6, 6.07) is 10.9. The van der Waals surface area contributed by atoms with E-state index in [1.807, 2.05) is 32.9 Å². The lowest BCUT2D eigenvalue weighted by Crippen LogP contribution is -2.32. The average Bonchev–Trinajstić information content (AvgIpc) is 2.75. The minimum atomic E-state index is -0.310. The minimum absolute atomic E-state index is 0.299. The van der Waals surface area contributed by atoms with E-state index in [1.54, 1.807) is 24.3 Å². The van der Waals surface area contributed by atoms with Gasteiger partial charge >= 0.3 is 0 Å². The molecule has 0 fully saturated rings. The summed E-state index contributed by atoms with van der Waals surface area (Å²) < 4.78 is 0. The van der Waals surface area contributed by atoms with E-state index in [4.69, 9.17) is 11.6 Å². The van der Waals surface area contributed by atoms with Gasteiger partial charge in [0.1, 0.15) is 0 Å². The zero-order valence-electron chi connectivity index (χ0n) is 13.2. The predicted octanol–water partition coefficient (Wildman–Crippen LogP) is 4.22. The standard InChI is InChI=1S/C19H16ClNO2/c1-11-8-12(2)18(13(3)9-11)21-17(22)10-16(19(21)23)14-4-6-15(20)7-5-14/h4-10H,1-3H3. The van der Waals surface area contributed by atoms with E-state index in [1.165, 1.54) is 11.0 Å². The van der Waals surface area contributed by atoms with Gasteiger partial charge in [0.2, 0.25) is 0 Å². The molecule has 0 saturated heterocycles. The van der Waals surface area contributed by atoms with E-state index in [0.29, 0.717) is 21.8 Å². The van der Waals surface area contributed by atoms with Crippen molar-refractivity contribution in [3.05, 3.63) is 69.8 Å². The number of hydrogen-bond acceptors (Lipinski definition) is 2. The maximum absolute atomic E-state index is 12.8. The van der Waals surface area contributed by atoms with Gasteiger partial charge in [-0.25, -0.2) is 4.90 Å². The van der Waals surface area contributed by atoms with Crippen molar-refractivity contribution < 1.29 is 9.59 Å². The molecule has 0 aromatic heterocycles. The molecule has 0 atom stereocenters. The van der Waals surface area contributed by atoms with Crippen molar-refractivity contribution in [3.63, 3.8) is 0 Å². The lowest BCUT2D eigenvalue weighted by Gasteiger charge is -2.20. The second-order valence-electron chi connectivity index (χ2n) is 5.79. The Hall–Kier alpha value is -2.39. The summed E-state index contributed by atoms with van der Waals surface area (Å²) in [4.78, 5) is 26.5. The third-order valence-corrected chi connectivity index (χ3v) is 4.19. The van der Waals surface area contributed by atoms with Gasteiger partial charge in [-0.1, -0.05) is 41.4 Å². The number of hydrogen-bond donors (Lipinski definition) is 0. The van der Waals surface area contributed by atoms with Crippen LogP contribution in [-0.4, -0.2) is 11.8 Å². The molecule has 0 radical (unpaired) electrons. The Morgan fingerprint density at radius 2 is 1.48 bits per heavy atom. The van der Waals surface area contributed by atoms with E-state index < -0.39 is 0 Å². The first-order valence-electron chi connectivity index (χ1n) is 7.32. The van der Waals surface area contributed by atoms with Crippen LogP contribution < -0.4 is 4.90 Å². The molecule has 2 amide bonds. The Bertz CT molecular complexity index is 827. The molecule has 1 aliphatic heterocycles. The van der Waals surface area contributed by atoms with Gasteiger partial charge in [0.15, 0.2) is 0 Å². The van der Waals surface area contributed by atoms with Crippen LogP contribution in [0.4, 0.5) is 5.69 Å². The number of aryl methyl sites for hydroxylation is 3. The fraction of sp³-hybridized carbons (Fsp3) is 0.158. The highest BCUT2D eigenvalue weighted by Crippen LogP contribution is 2.33. The highest BCUT2D eigenvalue weighted by molar-refractivity contribution is 6.44. The molecular formula is C19H16ClNO2. The van der Waals surface area contributed by atoms with Gasteiger partial charge in [-0.05, 0) is 49.6 Å². The zero-order chi connectivity index (χ0) is 16.7. The predicted molar refractivity (Wildman–Crippen MR) is 92.6 cm³/mol. The van der Waals surface area contributed by atoms with Crippen LogP contribution in [0, 0.1) is 20.8 Å². The first-order valence-corrected chi connectivity index (χ1v) is 7.70. The highest BCUT2D eigenvalue weighted by atomic mass is 35.5. The summed E-state index contributed by atoms with van der Waals surface area (Å²) >= 11 is 5.88. The Kier molecular flexibility index (Phi) is 3.82. The fourth-order valence-corrected chi connectivity index (χ4v) is 3.17. The maximum atomic E-state index is 12.8. The topological polar surface area (TPSA) is 37.4 Å². The molecule has 0 saturated carbocycles. The van der Waals surface area contributed by atoms with Gasteiger partial charge in [0.25, 0.3) is 11.8 Å². The zero-order valence-corrected chi connectivity index (χ0v) is 13.9. The molecule has 0 N–H and O–H groups in total. The Morgan fingerprint density at radius 1 is 0.913 bits per heavy atom. The van der Waals surface area contributed by atoms with Crippen LogP contribution in [-0.2, 0) is 9.59 Å². The minimum Gasteiger partial charge on any atom is -0.269 e. The summed E-state index contributed by atoms with van der Waals surface area (Å²) in [6.45, 7) is 5.82. The molecule has 0 bridgehead atoms. The number of imide groups is 1. The molecule has 1 heterocycles. The quantitative estimate of drug-likeness (QED) is 0.775. The van der Waals surface area contributed by atoms with E-state index in [9.17, 15) is 9.59 Å². The number of anilines is 1. The van der Waals surface area contributed by atoms with Gasteiger partial charge in [0, 0.05) is 11.1 Å². The Morgan fingerprint density at radius 3 is 2.04 bits per heavy atom. The van der Waals surface area contributed by atoms with Crippen molar-refractivity contribution in [2.45, 2.75) is 20.8 Å². The number of carbonyl (C=O) groups is 2. The third-order valence-electron chi connectivity index (χ3n) is 3.94. The number of benzene rings is 2. The number of halogens is 1. The van der Waals surface area contributed by atoms with Crippen LogP contribution in [0.1, 0.15) is 22.3 Å². The van der Waals surface area contributed by atoms with E-state index >= 15 is 0 Å². The molecule has 3 nitrogen and oxygen atoms in total. The molecule has 0 spiro atoms. The molecule has 2 aromatic carbocycles. The smallest absolute Gasteiger partial charge is 0.266 e. The van der Waals surface area contributed by atoms with Gasteiger partial charge < -0.3 is 0 Å². The first-order chi connectivity index (χ1) is 10.9. The number of rotatable bonds is 2. The van der Waals surface area contributed by atoms with Crippen molar-refractivity contribution in [1.82, 2.24) is 0 Å². The van der Waals surface area contributed by atoms with Crippen molar-refractivity contribution in [2.24, 2.45) is 0 Å². The van der Waals surface area contributed by atoms with E-state index in [-0.39, 0.29) is 11.8 Å². The van der Waals surface area contributed by atoms with Crippen LogP contribution in [0.15, 0.2) is 42.5 Å². The largest absolute Gasteiger partial charge is 0.269 e. The molecule has 23 heavy (non-hydrogen) atoms. The molecule has 2 aromatic rings. The van der Waals surface area contributed by atoms with Crippen LogP contribution in [0.3, 0.4) is 0 Å². The van der Waals surface area contributed by atoms with Gasteiger partial charge in [0.05, 0.1) is 11.3 Å². The van der Waals surface area contributed by atoms with Crippen molar-refractivity contribution >= 4 is 34.7 Å². The number of carbonyl (C=O) groups excluding carboxylic acids is 2. The third kappa shape index (κ3) is 2.68. The second-order valence-corrected chi connectivity index (χ2v) is 6.23. The van der Waals surface area contributed by atoms with Crippen molar-refractivity contribution in [1.29, 1.82) is 0 Å². The fourth-order valence-electron chi connectivity index (χ4n) is 3.04. The molecule has 116 valence electrons. The van der Waals surface area contributed by atoms with Gasteiger partial charge in [-0.2, -0.15) is 0 Å². The Balaban J connectivity index is 2.04. The summed E-state index contributed by atoms with van der Waals surface area (Å²) in [7, 11) is 0. The molecule has 4 heteroatoms. The lowest BCUT2D eigenvalue weighted by molar-refractivity contribution is -0.119. The molecule has 0 aliphatic carbocycles. The highest BCUT2D eigenvalue weighted by Gasteiger charge is 2.34.